The van der Waals surface area contributed by atoms with Crippen LogP contribution < -0.4 is 10.1 Å². The quantitative estimate of drug-likeness (QED) is 0.507. The Bertz CT molecular complexity index is 846. The molecule has 3 rings (SSSR count). The van der Waals surface area contributed by atoms with Gasteiger partial charge in [0.1, 0.15) is 12.4 Å². The lowest BCUT2D eigenvalue weighted by Gasteiger charge is -2.30. The van der Waals surface area contributed by atoms with Gasteiger partial charge < -0.3 is 15.0 Å². The van der Waals surface area contributed by atoms with Gasteiger partial charge in [-0.15, -0.1) is 0 Å². The lowest BCUT2D eigenvalue weighted by Crippen LogP contribution is -2.43. The van der Waals surface area contributed by atoms with E-state index in [1.165, 1.54) is 0 Å². The molecule has 0 bridgehead atoms. The van der Waals surface area contributed by atoms with Crippen molar-refractivity contribution in [3.8, 4) is 5.75 Å². The number of carbonyl (C=O) groups excluding carboxylic acids is 2. The van der Waals surface area contributed by atoms with Gasteiger partial charge >= 0.3 is 0 Å². The Morgan fingerprint density at radius 3 is 2.59 bits per heavy atom. The summed E-state index contributed by atoms with van der Waals surface area (Å²) in [4.78, 5) is 26.5. The maximum atomic E-state index is 12.4. The van der Waals surface area contributed by atoms with E-state index in [1.807, 2.05) is 60.7 Å². The van der Waals surface area contributed by atoms with E-state index < -0.39 is 0 Å². The van der Waals surface area contributed by atoms with E-state index in [4.69, 9.17) is 4.74 Å². The van der Waals surface area contributed by atoms with Crippen LogP contribution in [0.5, 0.6) is 5.75 Å². The van der Waals surface area contributed by atoms with E-state index in [2.05, 4.69) is 21.2 Å². The second-order valence-corrected chi connectivity index (χ2v) is 7.86. The highest BCUT2D eigenvalue weighted by atomic mass is 79.9. The summed E-state index contributed by atoms with van der Waals surface area (Å²) in [5.41, 5.74) is 1.00. The molecule has 0 aliphatic carbocycles. The zero-order valence-corrected chi connectivity index (χ0v) is 17.8. The number of ether oxygens (including phenoxy) is 1. The molecular formula is C23H25BrN2O3. The smallest absolute Gasteiger partial charge is 0.246 e. The third-order valence-electron chi connectivity index (χ3n) is 4.86. The molecule has 5 nitrogen and oxygen atoms in total. The van der Waals surface area contributed by atoms with Crippen LogP contribution in [0.3, 0.4) is 0 Å². The fraction of sp³-hybridized carbons (Fsp3) is 0.304. The lowest BCUT2D eigenvalue weighted by atomic mass is 9.96. The molecule has 6 heteroatoms. The van der Waals surface area contributed by atoms with Gasteiger partial charge in [0.2, 0.25) is 11.8 Å². The zero-order chi connectivity index (χ0) is 20.5. The number of hydrogen-bond donors (Lipinski definition) is 1. The summed E-state index contributed by atoms with van der Waals surface area (Å²) < 4.78 is 6.59. The van der Waals surface area contributed by atoms with E-state index in [0.717, 1.165) is 15.8 Å². The van der Waals surface area contributed by atoms with Crippen LogP contribution in [0.25, 0.3) is 6.08 Å². The first-order valence-corrected chi connectivity index (χ1v) is 10.6. The van der Waals surface area contributed by atoms with Crippen molar-refractivity contribution < 1.29 is 14.3 Å². The van der Waals surface area contributed by atoms with E-state index in [-0.39, 0.29) is 17.7 Å². The number of nitrogens with one attached hydrogen (secondary N) is 1. The highest BCUT2D eigenvalue weighted by molar-refractivity contribution is 9.10. The predicted molar refractivity (Wildman–Crippen MR) is 117 cm³/mol. The first kappa shape index (κ1) is 21.1. The average Bonchev–Trinajstić information content (AvgIpc) is 2.76. The van der Waals surface area contributed by atoms with E-state index in [0.29, 0.717) is 39.1 Å². The number of rotatable bonds is 7. The average molecular weight is 457 g/mol. The van der Waals surface area contributed by atoms with Gasteiger partial charge in [0.25, 0.3) is 0 Å². The van der Waals surface area contributed by atoms with Crippen LogP contribution >= 0.6 is 15.9 Å². The van der Waals surface area contributed by atoms with Crippen LogP contribution in [-0.4, -0.2) is 43.0 Å². The number of nitrogens with zero attached hydrogens (tertiary/aromatic N) is 1. The largest absolute Gasteiger partial charge is 0.492 e. The van der Waals surface area contributed by atoms with E-state index in [1.54, 1.807) is 11.0 Å². The number of piperidine rings is 1. The molecule has 1 fully saturated rings. The van der Waals surface area contributed by atoms with Crippen molar-refractivity contribution in [3.05, 3.63) is 70.7 Å². The Morgan fingerprint density at radius 2 is 1.86 bits per heavy atom. The molecule has 0 spiro atoms. The zero-order valence-electron chi connectivity index (χ0n) is 16.2. The molecule has 0 atom stereocenters. The molecule has 0 unspecified atom stereocenters. The van der Waals surface area contributed by atoms with Crippen molar-refractivity contribution in [2.45, 2.75) is 12.8 Å². The fourth-order valence-electron chi connectivity index (χ4n) is 3.24. The molecule has 2 aromatic carbocycles. The van der Waals surface area contributed by atoms with Gasteiger partial charge in [-0.1, -0.05) is 52.3 Å². The number of benzene rings is 2. The van der Waals surface area contributed by atoms with Crippen molar-refractivity contribution in [2.75, 3.05) is 26.2 Å². The van der Waals surface area contributed by atoms with Crippen LogP contribution in [0.15, 0.2) is 65.1 Å². The maximum absolute atomic E-state index is 12.4. The first-order chi connectivity index (χ1) is 14.1. The van der Waals surface area contributed by atoms with Crippen LogP contribution in [0.2, 0.25) is 0 Å². The molecule has 29 heavy (non-hydrogen) atoms. The Kier molecular flexibility index (Phi) is 7.87. The Morgan fingerprint density at radius 1 is 1.10 bits per heavy atom. The fourth-order valence-corrected chi connectivity index (χ4v) is 3.62. The minimum atomic E-state index is -0.0528. The summed E-state index contributed by atoms with van der Waals surface area (Å²) in [5.74, 6) is 0.747. The van der Waals surface area contributed by atoms with Crippen molar-refractivity contribution in [3.63, 3.8) is 0 Å². The number of hydrogen-bond acceptors (Lipinski definition) is 3. The molecule has 1 aliphatic rings. The summed E-state index contributed by atoms with van der Waals surface area (Å²) in [5, 5.41) is 2.93. The lowest BCUT2D eigenvalue weighted by molar-refractivity contribution is -0.132. The van der Waals surface area contributed by atoms with Gasteiger partial charge in [-0.2, -0.15) is 0 Å². The molecule has 1 heterocycles. The topological polar surface area (TPSA) is 58.6 Å². The van der Waals surface area contributed by atoms with E-state index >= 15 is 0 Å². The summed E-state index contributed by atoms with van der Waals surface area (Å²) in [7, 11) is 0. The maximum Gasteiger partial charge on any atom is 0.246 e. The monoisotopic (exact) mass is 456 g/mol. The Balaban J connectivity index is 1.35. The minimum Gasteiger partial charge on any atom is -0.492 e. The number of carbonyl (C=O) groups is 2. The molecule has 2 aromatic rings. The summed E-state index contributed by atoms with van der Waals surface area (Å²) in [6, 6.07) is 17.4. The van der Waals surface area contributed by atoms with Gasteiger partial charge in [0, 0.05) is 29.6 Å². The molecule has 2 amide bonds. The number of amides is 2. The molecule has 0 saturated carbocycles. The predicted octanol–water partition coefficient (Wildman–Crippen LogP) is 3.90. The summed E-state index contributed by atoms with van der Waals surface area (Å²) >= 11 is 3.40. The highest BCUT2D eigenvalue weighted by Crippen LogP contribution is 2.19. The molecule has 0 aromatic heterocycles. The molecular weight excluding hydrogens is 432 g/mol. The van der Waals surface area contributed by atoms with Crippen molar-refractivity contribution in [1.82, 2.24) is 10.2 Å². The van der Waals surface area contributed by atoms with Gasteiger partial charge in [-0.3, -0.25) is 9.59 Å². The standard InChI is InChI=1S/C23H25BrN2O3/c24-20-7-4-8-21(17-20)29-16-13-25-23(28)19-11-14-26(15-12-19)22(27)10-9-18-5-2-1-3-6-18/h1-10,17,19H,11-16H2,(H,25,28)/b10-9+. The van der Waals surface area contributed by atoms with Crippen molar-refractivity contribution in [1.29, 1.82) is 0 Å². The molecule has 1 aliphatic heterocycles. The van der Waals surface area contributed by atoms with Gasteiger partial charge in [-0.25, -0.2) is 0 Å². The summed E-state index contributed by atoms with van der Waals surface area (Å²) in [6.45, 7) is 2.09. The summed E-state index contributed by atoms with van der Waals surface area (Å²) in [6.07, 6.45) is 4.80. The molecule has 1 saturated heterocycles. The molecule has 0 radical (unpaired) electrons. The molecule has 1 N–H and O–H groups in total. The number of halogens is 1. The minimum absolute atomic E-state index is 0.00451. The van der Waals surface area contributed by atoms with Crippen LogP contribution in [-0.2, 0) is 9.59 Å². The Hall–Kier alpha value is -2.60. The van der Waals surface area contributed by atoms with Gasteiger partial charge in [-0.05, 0) is 42.7 Å². The second-order valence-electron chi connectivity index (χ2n) is 6.94. The van der Waals surface area contributed by atoms with Gasteiger partial charge in [0.15, 0.2) is 0 Å². The van der Waals surface area contributed by atoms with E-state index in [9.17, 15) is 9.59 Å². The van der Waals surface area contributed by atoms with Gasteiger partial charge in [0.05, 0.1) is 6.54 Å². The van der Waals surface area contributed by atoms with Crippen molar-refractivity contribution in [2.24, 2.45) is 5.92 Å². The van der Waals surface area contributed by atoms with Crippen molar-refractivity contribution >= 4 is 33.8 Å². The number of likely N-dealkylation sites (tertiary alicyclic amines) is 1. The molecule has 152 valence electrons. The SMILES string of the molecule is O=C(NCCOc1cccc(Br)c1)C1CCN(C(=O)/C=C/c2ccccc2)CC1. The first-order valence-electron chi connectivity index (χ1n) is 9.80. The Labute approximate surface area is 179 Å². The second kappa shape index (κ2) is 10.8. The normalized spacial score (nSPS) is 14.7. The van der Waals surface area contributed by atoms with Crippen LogP contribution in [0.1, 0.15) is 18.4 Å². The third-order valence-corrected chi connectivity index (χ3v) is 5.35. The third kappa shape index (κ3) is 6.75. The van der Waals surface area contributed by atoms with Crippen LogP contribution in [0, 0.1) is 5.92 Å². The van der Waals surface area contributed by atoms with Crippen LogP contribution in [0.4, 0.5) is 0 Å². The highest BCUT2D eigenvalue weighted by Gasteiger charge is 2.26.